The summed E-state index contributed by atoms with van der Waals surface area (Å²) in [4.78, 5) is 12.0. The summed E-state index contributed by atoms with van der Waals surface area (Å²) in [6.07, 6.45) is 3.90. The largest absolute Gasteiger partial charge is 0.497 e. The van der Waals surface area contributed by atoms with Crippen molar-refractivity contribution in [2.45, 2.75) is 45.6 Å². The first-order valence-electron chi connectivity index (χ1n) is 8.48. The lowest BCUT2D eigenvalue weighted by Gasteiger charge is -2.35. The molecule has 1 fully saturated rings. The Kier molecular flexibility index (Phi) is 6.85. The zero-order chi connectivity index (χ0) is 17.5. The van der Waals surface area contributed by atoms with Crippen molar-refractivity contribution in [2.75, 3.05) is 7.11 Å². The molecule has 1 aromatic rings. The van der Waals surface area contributed by atoms with E-state index < -0.39 is 0 Å². The number of hydrazine groups is 1. The standard InChI is InChI=1S/C18H27N3O2S/c1-12-5-4-6-16(13(12)2)19-18(24)21-20-17(22)11-14-7-9-15(23-3)10-8-14/h7-10,12-13,16H,4-6,11H2,1-3H3,(H,20,22)(H2,19,21,24)/t12-,13+,16-/m0/s1. The lowest BCUT2D eigenvalue weighted by atomic mass is 9.78. The lowest BCUT2D eigenvalue weighted by Crippen LogP contribution is -2.52. The molecule has 1 aromatic carbocycles. The molecule has 0 radical (unpaired) electrons. The second kappa shape index (κ2) is 8.87. The summed E-state index contributed by atoms with van der Waals surface area (Å²) in [5, 5.41) is 3.80. The number of ether oxygens (including phenoxy) is 1. The highest BCUT2D eigenvalue weighted by Gasteiger charge is 2.27. The van der Waals surface area contributed by atoms with Gasteiger partial charge in [-0.3, -0.25) is 15.6 Å². The summed E-state index contributed by atoms with van der Waals surface area (Å²) >= 11 is 5.29. The molecule has 0 bridgehead atoms. The molecule has 1 saturated carbocycles. The van der Waals surface area contributed by atoms with Gasteiger partial charge in [-0.25, -0.2) is 0 Å². The molecule has 2 rings (SSSR count). The molecule has 3 N–H and O–H groups in total. The molecule has 1 aliphatic rings. The van der Waals surface area contributed by atoms with E-state index in [4.69, 9.17) is 17.0 Å². The maximum absolute atomic E-state index is 12.0. The van der Waals surface area contributed by atoms with Crippen molar-refractivity contribution in [2.24, 2.45) is 11.8 Å². The van der Waals surface area contributed by atoms with Gasteiger partial charge in [-0.05, 0) is 48.2 Å². The molecule has 5 nitrogen and oxygen atoms in total. The first-order chi connectivity index (χ1) is 11.5. The average Bonchev–Trinajstić information content (AvgIpc) is 2.58. The SMILES string of the molecule is COc1ccc(CC(=O)NNC(=S)N[C@H]2CCC[C@H](C)[C@H]2C)cc1. The Bertz CT molecular complexity index is 562. The van der Waals surface area contributed by atoms with E-state index in [0.29, 0.717) is 23.0 Å². The summed E-state index contributed by atoms with van der Waals surface area (Å²) in [6.45, 7) is 4.54. The van der Waals surface area contributed by atoms with Gasteiger partial charge in [-0.15, -0.1) is 0 Å². The number of nitrogens with one attached hydrogen (secondary N) is 3. The van der Waals surface area contributed by atoms with Crippen LogP contribution in [0.5, 0.6) is 5.75 Å². The fourth-order valence-electron chi connectivity index (χ4n) is 3.09. The number of hydrogen-bond acceptors (Lipinski definition) is 3. The van der Waals surface area contributed by atoms with Crippen LogP contribution in [0.1, 0.15) is 38.7 Å². The average molecular weight is 350 g/mol. The van der Waals surface area contributed by atoms with E-state index in [1.807, 2.05) is 24.3 Å². The van der Waals surface area contributed by atoms with E-state index in [9.17, 15) is 4.79 Å². The van der Waals surface area contributed by atoms with Gasteiger partial charge < -0.3 is 10.1 Å². The number of carbonyl (C=O) groups is 1. The predicted molar refractivity (Wildman–Crippen MR) is 99.7 cm³/mol. The zero-order valence-electron chi connectivity index (χ0n) is 14.6. The van der Waals surface area contributed by atoms with Crippen molar-refractivity contribution in [3.8, 4) is 5.75 Å². The van der Waals surface area contributed by atoms with Crippen LogP contribution in [0.15, 0.2) is 24.3 Å². The Morgan fingerprint density at radius 2 is 1.92 bits per heavy atom. The van der Waals surface area contributed by atoms with Crippen molar-refractivity contribution in [1.29, 1.82) is 0 Å². The third-order valence-corrected chi connectivity index (χ3v) is 5.08. The number of rotatable bonds is 4. The molecule has 0 saturated heterocycles. The molecule has 132 valence electrons. The number of methoxy groups -OCH3 is 1. The normalized spacial score (nSPS) is 23.2. The van der Waals surface area contributed by atoms with Crippen molar-refractivity contribution in [1.82, 2.24) is 16.2 Å². The maximum Gasteiger partial charge on any atom is 0.242 e. The van der Waals surface area contributed by atoms with Gasteiger partial charge in [0.25, 0.3) is 0 Å². The maximum atomic E-state index is 12.0. The second-order valence-corrected chi connectivity index (χ2v) is 6.95. The van der Waals surface area contributed by atoms with Crippen molar-refractivity contribution >= 4 is 23.2 Å². The van der Waals surface area contributed by atoms with Crippen LogP contribution < -0.4 is 20.9 Å². The monoisotopic (exact) mass is 349 g/mol. The molecular weight excluding hydrogens is 322 g/mol. The Balaban J connectivity index is 1.73. The summed E-state index contributed by atoms with van der Waals surface area (Å²) in [7, 11) is 1.62. The molecule has 0 spiro atoms. The van der Waals surface area contributed by atoms with Gasteiger partial charge in [0.2, 0.25) is 5.91 Å². The van der Waals surface area contributed by atoms with Crippen LogP contribution in [-0.4, -0.2) is 24.2 Å². The number of thiocarbonyl (C=S) groups is 1. The minimum absolute atomic E-state index is 0.130. The van der Waals surface area contributed by atoms with Gasteiger partial charge in [-0.2, -0.15) is 0 Å². The van der Waals surface area contributed by atoms with Gasteiger partial charge in [0, 0.05) is 6.04 Å². The number of amides is 1. The summed E-state index contributed by atoms with van der Waals surface area (Å²) in [5.41, 5.74) is 6.38. The number of benzene rings is 1. The third-order valence-electron chi connectivity index (χ3n) is 4.86. The third kappa shape index (κ3) is 5.37. The molecule has 1 aliphatic carbocycles. The Labute approximate surface area is 149 Å². The molecular formula is C18H27N3O2S. The first-order valence-corrected chi connectivity index (χ1v) is 8.88. The quantitative estimate of drug-likeness (QED) is 0.576. The van der Waals surface area contributed by atoms with Crippen molar-refractivity contribution in [3.63, 3.8) is 0 Å². The van der Waals surface area contributed by atoms with Gasteiger partial charge in [0.15, 0.2) is 5.11 Å². The Morgan fingerprint density at radius 1 is 1.21 bits per heavy atom. The van der Waals surface area contributed by atoms with Gasteiger partial charge in [0.1, 0.15) is 5.75 Å². The highest BCUT2D eigenvalue weighted by Crippen LogP contribution is 2.29. The van der Waals surface area contributed by atoms with Gasteiger partial charge in [0.05, 0.1) is 13.5 Å². The first kappa shape index (κ1) is 18.5. The molecule has 3 atom stereocenters. The van der Waals surface area contributed by atoms with Crippen LogP contribution in [0.4, 0.5) is 0 Å². The van der Waals surface area contributed by atoms with E-state index in [1.165, 1.54) is 12.8 Å². The molecule has 0 unspecified atom stereocenters. The van der Waals surface area contributed by atoms with E-state index in [0.717, 1.165) is 17.7 Å². The van der Waals surface area contributed by atoms with Crippen LogP contribution in [0.3, 0.4) is 0 Å². The van der Waals surface area contributed by atoms with E-state index in [2.05, 4.69) is 30.0 Å². The van der Waals surface area contributed by atoms with Crippen LogP contribution in [0.2, 0.25) is 0 Å². The summed E-state index contributed by atoms with van der Waals surface area (Å²) in [6, 6.07) is 7.80. The predicted octanol–water partition coefficient (Wildman–Crippen LogP) is 2.56. The minimum Gasteiger partial charge on any atom is -0.497 e. The minimum atomic E-state index is -0.130. The van der Waals surface area contributed by atoms with E-state index >= 15 is 0 Å². The molecule has 1 amide bonds. The molecule has 0 aliphatic heterocycles. The Morgan fingerprint density at radius 3 is 2.58 bits per heavy atom. The summed E-state index contributed by atoms with van der Waals surface area (Å²) < 4.78 is 5.10. The molecule has 0 heterocycles. The molecule has 24 heavy (non-hydrogen) atoms. The fourth-order valence-corrected chi connectivity index (χ4v) is 3.29. The zero-order valence-corrected chi connectivity index (χ0v) is 15.4. The van der Waals surface area contributed by atoms with Crippen molar-refractivity contribution in [3.05, 3.63) is 29.8 Å². The molecule has 0 aromatic heterocycles. The van der Waals surface area contributed by atoms with Crippen LogP contribution in [-0.2, 0) is 11.2 Å². The highest BCUT2D eigenvalue weighted by atomic mass is 32.1. The smallest absolute Gasteiger partial charge is 0.242 e. The number of carbonyl (C=O) groups excluding carboxylic acids is 1. The van der Waals surface area contributed by atoms with E-state index in [-0.39, 0.29) is 12.3 Å². The second-order valence-electron chi connectivity index (χ2n) is 6.55. The Hall–Kier alpha value is -1.82. The van der Waals surface area contributed by atoms with Gasteiger partial charge >= 0.3 is 0 Å². The summed E-state index contributed by atoms with van der Waals surface area (Å²) in [5.74, 6) is 1.92. The van der Waals surface area contributed by atoms with Crippen LogP contribution in [0.25, 0.3) is 0 Å². The van der Waals surface area contributed by atoms with Crippen LogP contribution in [0, 0.1) is 11.8 Å². The van der Waals surface area contributed by atoms with E-state index in [1.54, 1.807) is 7.11 Å². The highest BCUT2D eigenvalue weighted by molar-refractivity contribution is 7.80. The fraction of sp³-hybridized carbons (Fsp3) is 0.556. The van der Waals surface area contributed by atoms with Gasteiger partial charge in [-0.1, -0.05) is 38.8 Å². The lowest BCUT2D eigenvalue weighted by molar-refractivity contribution is -0.121. The number of hydrogen-bond donors (Lipinski definition) is 3. The van der Waals surface area contributed by atoms with Crippen LogP contribution >= 0.6 is 12.2 Å². The van der Waals surface area contributed by atoms with Crippen molar-refractivity contribution < 1.29 is 9.53 Å². The topological polar surface area (TPSA) is 62.4 Å². The molecule has 6 heteroatoms.